The number of hydrogen-bond donors (Lipinski definition) is 1. The Morgan fingerprint density at radius 2 is 1.65 bits per heavy atom. The van der Waals surface area contributed by atoms with Crippen LogP contribution in [0.1, 0.15) is 40.2 Å². The van der Waals surface area contributed by atoms with E-state index in [2.05, 4.69) is 5.32 Å². The van der Waals surface area contributed by atoms with Crippen LogP contribution in [0.3, 0.4) is 0 Å². The molecule has 0 radical (unpaired) electrons. The maximum absolute atomic E-state index is 12.7. The van der Waals surface area contributed by atoms with E-state index in [0.29, 0.717) is 18.1 Å². The highest BCUT2D eigenvalue weighted by Crippen LogP contribution is 2.16. The SMILES string of the molecule is CCN(CC)C(=O)/C(=C\c1ccc(Cl)cc1)NC(=O)C(C)(C)C. The summed E-state index contributed by atoms with van der Waals surface area (Å²) < 4.78 is 0. The quantitative estimate of drug-likeness (QED) is 0.833. The molecule has 1 aromatic rings. The van der Waals surface area contributed by atoms with E-state index in [1.54, 1.807) is 35.2 Å². The Morgan fingerprint density at radius 3 is 2.09 bits per heavy atom. The average molecular weight is 337 g/mol. The lowest BCUT2D eigenvalue weighted by Gasteiger charge is -2.23. The second kappa shape index (κ2) is 8.16. The van der Waals surface area contributed by atoms with Gasteiger partial charge in [-0.1, -0.05) is 44.5 Å². The summed E-state index contributed by atoms with van der Waals surface area (Å²) in [6.07, 6.45) is 1.68. The molecule has 0 aliphatic rings. The van der Waals surface area contributed by atoms with Crippen LogP contribution in [0.5, 0.6) is 0 Å². The normalized spacial score (nSPS) is 12.0. The molecule has 0 aromatic heterocycles. The van der Waals surface area contributed by atoms with Gasteiger partial charge in [-0.3, -0.25) is 9.59 Å². The molecule has 2 amide bonds. The van der Waals surface area contributed by atoms with Crippen LogP contribution in [0.2, 0.25) is 5.02 Å². The zero-order valence-electron chi connectivity index (χ0n) is 14.4. The fourth-order valence-electron chi connectivity index (χ4n) is 1.87. The molecule has 5 heteroatoms. The van der Waals surface area contributed by atoms with Gasteiger partial charge in [0, 0.05) is 23.5 Å². The molecule has 0 heterocycles. The molecule has 0 unspecified atom stereocenters. The van der Waals surface area contributed by atoms with Crippen molar-refractivity contribution >= 4 is 29.5 Å². The lowest BCUT2D eigenvalue weighted by atomic mass is 9.95. The Labute approximate surface area is 143 Å². The molecule has 0 spiro atoms. The topological polar surface area (TPSA) is 49.4 Å². The summed E-state index contributed by atoms with van der Waals surface area (Å²) in [5.74, 6) is -0.388. The molecule has 1 rings (SSSR count). The maximum Gasteiger partial charge on any atom is 0.270 e. The minimum atomic E-state index is -0.581. The summed E-state index contributed by atoms with van der Waals surface area (Å²) in [6, 6.07) is 7.11. The zero-order chi connectivity index (χ0) is 17.6. The Kier molecular flexibility index (Phi) is 6.82. The van der Waals surface area contributed by atoms with Crippen molar-refractivity contribution in [3.05, 3.63) is 40.5 Å². The predicted octanol–water partition coefficient (Wildman–Crippen LogP) is 3.71. The maximum atomic E-state index is 12.7. The van der Waals surface area contributed by atoms with Gasteiger partial charge >= 0.3 is 0 Å². The number of nitrogens with one attached hydrogen (secondary N) is 1. The zero-order valence-corrected chi connectivity index (χ0v) is 15.2. The third kappa shape index (κ3) is 5.71. The number of carbonyl (C=O) groups is 2. The number of carbonyl (C=O) groups excluding carboxylic acids is 2. The van der Waals surface area contributed by atoms with Crippen LogP contribution in [0.4, 0.5) is 0 Å². The van der Waals surface area contributed by atoms with Gasteiger partial charge in [-0.05, 0) is 37.6 Å². The number of likely N-dealkylation sites (N-methyl/N-ethyl adjacent to an activating group) is 1. The minimum Gasteiger partial charge on any atom is -0.338 e. The minimum absolute atomic E-state index is 0.192. The molecule has 0 saturated heterocycles. The highest BCUT2D eigenvalue weighted by molar-refractivity contribution is 6.30. The van der Waals surface area contributed by atoms with Crippen LogP contribution >= 0.6 is 11.6 Å². The van der Waals surface area contributed by atoms with Gasteiger partial charge in [0.1, 0.15) is 5.70 Å². The van der Waals surface area contributed by atoms with E-state index >= 15 is 0 Å². The molecule has 1 aromatic carbocycles. The third-order valence-corrected chi connectivity index (χ3v) is 3.64. The molecule has 0 aliphatic heterocycles. The molecule has 0 saturated carbocycles. The van der Waals surface area contributed by atoms with Gasteiger partial charge in [0.2, 0.25) is 5.91 Å². The van der Waals surface area contributed by atoms with Gasteiger partial charge in [0.05, 0.1) is 0 Å². The molecule has 4 nitrogen and oxygen atoms in total. The lowest BCUT2D eigenvalue weighted by molar-refractivity contribution is -0.132. The van der Waals surface area contributed by atoms with Crippen molar-refractivity contribution in [1.82, 2.24) is 10.2 Å². The summed E-state index contributed by atoms with van der Waals surface area (Å²) in [5.41, 5.74) is 0.498. The molecule has 1 N–H and O–H groups in total. The van der Waals surface area contributed by atoms with Crippen molar-refractivity contribution in [2.45, 2.75) is 34.6 Å². The van der Waals surface area contributed by atoms with E-state index in [1.165, 1.54) is 0 Å². The van der Waals surface area contributed by atoms with Crippen LogP contribution in [0, 0.1) is 5.41 Å². The van der Waals surface area contributed by atoms with Crippen molar-refractivity contribution in [1.29, 1.82) is 0 Å². The molecule has 0 fully saturated rings. The summed E-state index contributed by atoms with van der Waals surface area (Å²) >= 11 is 5.88. The van der Waals surface area contributed by atoms with Crippen molar-refractivity contribution in [2.24, 2.45) is 5.41 Å². The molecule has 0 aliphatic carbocycles. The second-order valence-electron chi connectivity index (χ2n) is 6.29. The van der Waals surface area contributed by atoms with Crippen LogP contribution in [0.15, 0.2) is 30.0 Å². The van der Waals surface area contributed by atoms with Gasteiger partial charge in [-0.25, -0.2) is 0 Å². The van der Waals surface area contributed by atoms with Gasteiger partial charge in [-0.15, -0.1) is 0 Å². The van der Waals surface area contributed by atoms with E-state index in [4.69, 9.17) is 11.6 Å². The lowest BCUT2D eigenvalue weighted by Crippen LogP contribution is -2.41. The van der Waals surface area contributed by atoms with E-state index in [9.17, 15) is 9.59 Å². The number of amides is 2. The smallest absolute Gasteiger partial charge is 0.270 e. The van der Waals surface area contributed by atoms with E-state index < -0.39 is 5.41 Å². The van der Waals surface area contributed by atoms with Crippen LogP contribution in [-0.4, -0.2) is 29.8 Å². The van der Waals surface area contributed by atoms with Gasteiger partial charge in [-0.2, -0.15) is 0 Å². The second-order valence-corrected chi connectivity index (χ2v) is 6.73. The van der Waals surface area contributed by atoms with Crippen molar-refractivity contribution in [2.75, 3.05) is 13.1 Å². The number of rotatable bonds is 5. The Hall–Kier alpha value is -1.81. The van der Waals surface area contributed by atoms with Crippen molar-refractivity contribution < 1.29 is 9.59 Å². The average Bonchev–Trinajstić information content (AvgIpc) is 2.48. The largest absolute Gasteiger partial charge is 0.338 e. The van der Waals surface area contributed by atoms with Crippen LogP contribution in [0.25, 0.3) is 6.08 Å². The molecule has 0 atom stereocenters. The van der Waals surface area contributed by atoms with Gasteiger partial charge < -0.3 is 10.2 Å². The van der Waals surface area contributed by atoms with E-state index in [-0.39, 0.29) is 17.5 Å². The first-order valence-corrected chi connectivity index (χ1v) is 8.14. The Bertz CT molecular complexity index is 582. The summed E-state index contributed by atoms with van der Waals surface area (Å²) in [4.78, 5) is 26.6. The number of benzene rings is 1. The molecular formula is C18H25ClN2O2. The Balaban J connectivity index is 3.17. The van der Waals surface area contributed by atoms with Crippen molar-refractivity contribution in [3.8, 4) is 0 Å². The predicted molar refractivity (Wildman–Crippen MR) is 95.0 cm³/mol. The highest BCUT2D eigenvalue weighted by Gasteiger charge is 2.25. The van der Waals surface area contributed by atoms with Crippen LogP contribution < -0.4 is 5.32 Å². The van der Waals surface area contributed by atoms with Gasteiger partial charge in [0.15, 0.2) is 0 Å². The molecular weight excluding hydrogens is 312 g/mol. The first-order chi connectivity index (χ1) is 10.7. The fraction of sp³-hybridized carbons (Fsp3) is 0.444. The standard InChI is InChI=1S/C18H25ClN2O2/c1-6-21(7-2)16(22)15(20-17(23)18(3,4)5)12-13-8-10-14(19)11-9-13/h8-12H,6-7H2,1-5H3,(H,20,23)/b15-12+. The number of hydrogen-bond acceptors (Lipinski definition) is 2. The van der Waals surface area contributed by atoms with E-state index in [0.717, 1.165) is 5.56 Å². The number of nitrogens with zero attached hydrogens (tertiary/aromatic N) is 1. The summed E-state index contributed by atoms with van der Waals surface area (Å²) in [7, 11) is 0. The summed E-state index contributed by atoms with van der Waals surface area (Å²) in [6.45, 7) is 10.4. The Morgan fingerprint density at radius 1 is 1.13 bits per heavy atom. The first kappa shape index (κ1) is 19.2. The highest BCUT2D eigenvalue weighted by atomic mass is 35.5. The molecule has 23 heavy (non-hydrogen) atoms. The molecule has 126 valence electrons. The first-order valence-electron chi connectivity index (χ1n) is 7.77. The molecule has 0 bridgehead atoms. The van der Waals surface area contributed by atoms with E-state index in [1.807, 2.05) is 34.6 Å². The summed E-state index contributed by atoms with van der Waals surface area (Å²) in [5, 5.41) is 3.39. The van der Waals surface area contributed by atoms with Gasteiger partial charge in [0.25, 0.3) is 5.91 Å². The fourth-order valence-corrected chi connectivity index (χ4v) is 1.99. The number of halogens is 1. The third-order valence-electron chi connectivity index (χ3n) is 3.39. The van der Waals surface area contributed by atoms with Crippen LogP contribution in [-0.2, 0) is 9.59 Å². The monoisotopic (exact) mass is 336 g/mol. The van der Waals surface area contributed by atoms with Crippen molar-refractivity contribution in [3.63, 3.8) is 0 Å².